The smallest absolute Gasteiger partial charge is 0.187 e. The van der Waals surface area contributed by atoms with E-state index in [0.717, 1.165) is 16.8 Å². The molecule has 0 saturated heterocycles. The second kappa shape index (κ2) is 4.64. The normalized spacial score (nSPS) is 17.4. The Morgan fingerprint density at radius 2 is 1.93 bits per heavy atom. The van der Waals surface area contributed by atoms with Crippen LogP contribution in [0.3, 0.4) is 0 Å². The Morgan fingerprint density at radius 3 is 2.57 bits per heavy atom. The van der Waals surface area contributed by atoms with Crippen molar-refractivity contribution in [2.24, 2.45) is 5.92 Å². The summed E-state index contributed by atoms with van der Waals surface area (Å²) in [5, 5.41) is 0.853. The van der Waals surface area contributed by atoms with Gasteiger partial charge in [-0.25, -0.2) is 9.97 Å². The number of nitrogens with two attached hydrogens (primary N) is 1. The number of thioether (sulfide) groups is 1. The first-order chi connectivity index (χ1) is 6.84. The average Bonchev–Trinajstić information content (AvgIpc) is 2.70. The average molecular weight is 209 g/mol. The summed E-state index contributed by atoms with van der Waals surface area (Å²) in [5.74, 6) is 2.03. The van der Waals surface area contributed by atoms with Crippen molar-refractivity contribution in [1.82, 2.24) is 9.97 Å². The molecule has 14 heavy (non-hydrogen) atoms. The molecule has 2 rings (SSSR count). The summed E-state index contributed by atoms with van der Waals surface area (Å²) in [7, 11) is 0. The molecule has 0 bridgehead atoms. The summed E-state index contributed by atoms with van der Waals surface area (Å²) in [6, 6.07) is 0. The number of hydrogen-bond donors (Lipinski definition) is 1. The second-order valence-corrected chi connectivity index (χ2v) is 4.75. The van der Waals surface area contributed by atoms with Crippen molar-refractivity contribution < 1.29 is 0 Å². The number of nitrogen functional groups attached to an aromatic ring is 1. The molecular formula is C10H15N3S. The minimum absolute atomic E-state index is 0.634. The zero-order valence-electron chi connectivity index (χ0n) is 8.15. The molecule has 0 aliphatic heterocycles. The van der Waals surface area contributed by atoms with E-state index in [1.807, 2.05) is 0 Å². The van der Waals surface area contributed by atoms with E-state index in [0.29, 0.717) is 5.69 Å². The SMILES string of the molecule is Nc1cnc(SCC2CCCC2)nc1. The van der Waals surface area contributed by atoms with Gasteiger partial charge >= 0.3 is 0 Å². The van der Waals surface area contributed by atoms with Crippen LogP contribution in [0.5, 0.6) is 0 Å². The maximum absolute atomic E-state index is 5.51. The van der Waals surface area contributed by atoms with Crippen LogP contribution < -0.4 is 5.73 Å². The van der Waals surface area contributed by atoms with E-state index in [2.05, 4.69) is 9.97 Å². The van der Waals surface area contributed by atoms with Crippen molar-refractivity contribution in [3.63, 3.8) is 0 Å². The Morgan fingerprint density at radius 1 is 1.29 bits per heavy atom. The van der Waals surface area contributed by atoms with Crippen LogP contribution in [0.2, 0.25) is 0 Å². The molecule has 0 radical (unpaired) electrons. The van der Waals surface area contributed by atoms with E-state index in [-0.39, 0.29) is 0 Å². The van der Waals surface area contributed by atoms with Crippen LogP contribution >= 0.6 is 11.8 Å². The number of aromatic nitrogens is 2. The molecule has 1 aromatic rings. The van der Waals surface area contributed by atoms with E-state index in [1.54, 1.807) is 24.2 Å². The number of rotatable bonds is 3. The fourth-order valence-corrected chi connectivity index (χ4v) is 2.74. The Labute approximate surface area is 88.5 Å². The molecule has 0 aromatic carbocycles. The molecule has 4 heteroatoms. The van der Waals surface area contributed by atoms with Gasteiger partial charge in [0.2, 0.25) is 0 Å². The van der Waals surface area contributed by atoms with E-state index >= 15 is 0 Å². The summed E-state index contributed by atoms with van der Waals surface area (Å²) in [5.41, 5.74) is 6.15. The predicted molar refractivity (Wildman–Crippen MR) is 59.1 cm³/mol. The van der Waals surface area contributed by atoms with Crippen LogP contribution in [-0.2, 0) is 0 Å². The largest absolute Gasteiger partial charge is 0.396 e. The molecule has 3 nitrogen and oxygen atoms in total. The van der Waals surface area contributed by atoms with Crippen molar-refractivity contribution in [3.05, 3.63) is 12.4 Å². The zero-order valence-corrected chi connectivity index (χ0v) is 8.96. The number of nitrogens with zero attached hydrogens (tertiary/aromatic N) is 2. The lowest BCUT2D eigenvalue weighted by molar-refractivity contribution is 0.622. The molecule has 1 fully saturated rings. The Hall–Kier alpha value is -0.770. The highest BCUT2D eigenvalue weighted by atomic mass is 32.2. The van der Waals surface area contributed by atoms with Gasteiger partial charge in [-0.1, -0.05) is 24.6 Å². The molecule has 1 heterocycles. The van der Waals surface area contributed by atoms with Crippen LogP contribution in [0.25, 0.3) is 0 Å². The van der Waals surface area contributed by atoms with Crippen LogP contribution in [0.1, 0.15) is 25.7 Å². The quantitative estimate of drug-likeness (QED) is 0.613. The first-order valence-electron chi connectivity index (χ1n) is 5.05. The van der Waals surface area contributed by atoms with E-state index in [9.17, 15) is 0 Å². The maximum Gasteiger partial charge on any atom is 0.187 e. The summed E-state index contributed by atoms with van der Waals surface area (Å²) in [4.78, 5) is 8.33. The molecule has 2 N–H and O–H groups in total. The van der Waals surface area contributed by atoms with E-state index in [1.165, 1.54) is 25.7 Å². The van der Waals surface area contributed by atoms with E-state index < -0.39 is 0 Å². The van der Waals surface area contributed by atoms with Gasteiger partial charge in [-0.15, -0.1) is 0 Å². The van der Waals surface area contributed by atoms with Gasteiger partial charge in [-0.3, -0.25) is 0 Å². The first-order valence-corrected chi connectivity index (χ1v) is 6.03. The lowest BCUT2D eigenvalue weighted by Crippen LogP contribution is -1.98. The summed E-state index contributed by atoms with van der Waals surface area (Å²) in [6.07, 6.45) is 8.89. The standard InChI is InChI=1S/C10H15N3S/c11-9-5-12-10(13-6-9)14-7-8-3-1-2-4-8/h5-6,8H,1-4,7,11H2. The van der Waals surface area contributed by atoms with Crippen LogP contribution in [-0.4, -0.2) is 15.7 Å². The van der Waals surface area contributed by atoms with Crippen LogP contribution in [0.15, 0.2) is 17.6 Å². The second-order valence-electron chi connectivity index (χ2n) is 3.76. The summed E-state index contributed by atoms with van der Waals surface area (Å²) >= 11 is 1.75. The highest BCUT2D eigenvalue weighted by Crippen LogP contribution is 2.29. The topological polar surface area (TPSA) is 51.8 Å². The molecule has 1 aliphatic carbocycles. The predicted octanol–water partition coefficient (Wildman–Crippen LogP) is 2.34. The molecule has 1 saturated carbocycles. The molecule has 1 aromatic heterocycles. The van der Waals surface area contributed by atoms with Gasteiger partial charge in [0.1, 0.15) is 0 Å². The summed E-state index contributed by atoms with van der Waals surface area (Å²) < 4.78 is 0. The van der Waals surface area contributed by atoms with Crippen molar-refractivity contribution >= 4 is 17.4 Å². The minimum Gasteiger partial charge on any atom is -0.396 e. The van der Waals surface area contributed by atoms with Crippen molar-refractivity contribution in [1.29, 1.82) is 0 Å². The van der Waals surface area contributed by atoms with E-state index in [4.69, 9.17) is 5.73 Å². The van der Waals surface area contributed by atoms with Gasteiger partial charge in [0.25, 0.3) is 0 Å². The lowest BCUT2D eigenvalue weighted by Gasteiger charge is -2.06. The fraction of sp³-hybridized carbons (Fsp3) is 0.600. The molecule has 0 atom stereocenters. The number of anilines is 1. The van der Waals surface area contributed by atoms with Gasteiger partial charge in [-0.05, 0) is 18.8 Å². The maximum atomic E-state index is 5.51. The molecule has 0 amide bonds. The highest BCUT2D eigenvalue weighted by molar-refractivity contribution is 7.99. The van der Waals surface area contributed by atoms with Crippen LogP contribution in [0, 0.1) is 5.92 Å². The molecule has 1 aliphatic rings. The van der Waals surface area contributed by atoms with Gasteiger partial charge in [0.05, 0.1) is 18.1 Å². The van der Waals surface area contributed by atoms with Gasteiger partial charge in [0.15, 0.2) is 5.16 Å². The van der Waals surface area contributed by atoms with Gasteiger partial charge in [-0.2, -0.15) is 0 Å². The first kappa shape index (κ1) is 9.77. The van der Waals surface area contributed by atoms with Crippen molar-refractivity contribution in [2.75, 3.05) is 11.5 Å². The zero-order chi connectivity index (χ0) is 9.80. The van der Waals surface area contributed by atoms with Gasteiger partial charge in [0, 0.05) is 5.75 Å². The third kappa shape index (κ3) is 2.61. The van der Waals surface area contributed by atoms with Crippen molar-refractivity contribution in [2.45, 2.75) is 30.8 Å². The fourth-order valence-electron chi connectivity index (χ4n) is 1.77. The van der Waals surface area contributed by atoms with Gasteiger partial charge < -0.3 is 5.73 Å². The molecule has 0 spiro atoms. The number of hydrogen-bond acceptors (Lipinski definition) is 4. The molecular weight excluding hydrogens is 194 g/mol. The van der Waals surface area contributed by atoms with Crippen molar-refractivity contribution in [3.8, 4) is 0 Å². The summed E-state index contributed by atoms with van der Waals surface area (Å²) in [6.45, 7) is 0. The highest BCUT2D eigenvalue weighted by Gasteiger charge is 2.15. The van der Waals surface area contributed by atoms with Crippen LogP contribution in [0.4, 0.5) is 5.69 Å². The monoisotopic (exact) mass is 209 g/mol. The third-order valence-corrected chi connectivity index (χ3v) is 3.68. The Kier molecular flexibility index (Phi) is 3.24. The Balaban J connectivity index is 1.82. The minimum atomic E-state index is 0.634. The molecule has 76 valence electrons. The lowest BCUT2D eigenvalue weighted by atomic mass is 10.1. The molecule has 0 unspecified atom stereocenters. The third-order valence-electron chi connectivity index (χ3n) is 2.57. The Bertz CT molecular complexity index is 280.